The highest BCUT2D eigenvalue weighted by atomic mass is 35.5. The number of nitrogens with zero attached hydrogens (tertiary/aromatic N) is 2. The molecule has 0 saturated heterocycles. The largest absolute Gasteiger partial charge is 0.452 e. The molecule has 6 heteroatoms. The zero-order valence-electron chi connectivity index (χ0n) is 12.2. The summed E-state index contributed by atoms with van der Waals surface area (Å²) in [6.45, 7) is 4.69. The minimum atomic E-state index is 0.258. The van der Waals surface area contributed by atoms with Gasteiger partial charge >= 0.3 is 0 Å². The summed E-state index contributed by atoms with van der Waals surface area (Å²) in [4.78, 5) is 8.87. The summed E-state index contributed by atoms with van der Waals surface area (Å²) in [5, 5.41) is 4.09. The lowest BCUT2D eigenvalue weighted by molar-refractivity contribution is 0.464. The van der Waals surface area contributed by atoms with E-state index in [1.807, 2.05) is 7.05 Å². The molecule has 0 unspecified atom stereocenters. The monoisotopic (exact) mass is 325 g/mol. The summed E-state index contributed by atoms with van der Waals surface area (Å²) in [7, 11) is 1.86. The van der Waals surface area contributed by atoms with Gasteiger partial charge in [-0.2, -0.15) is 0 Å². The quantitative estimate of drug-likeness (QED) is 0.883. The van der Waals surface area contributed by atoms with Crippen LogP contribution in [0.5, 0.6) is 11.5 Å². The Morgan fingerprint density at radius 3 is 2.62 bits per heavy atom. The molecule has 0 aliphatic carbocycles. The number of halogens is 2. The highest BCUT2D eigenvalue weighted by molar-refractivity contribution is 6.35. The molecule has 0 spiro atoms. The van der Waals surface area contributed by atoms with Crippen LogP contribution in [0.15, 0.2) is 24.4 Å². The van der Waals surface area contributed by atoms with Crippen molar-refractivity contribution in [3.8, 4) is 11.5 Å². The highest BCUT2D eigenvalue weighted by Gasteiger charge is 2.12. The van der Waals surface area contributed by atoms with Crippen molar-refractivity contribution in [1.82, 2.24) is 15.3 Å². The average Bonchev–Trinajstić information content (AvgIpc) is 2.43. The first kappa shape index (κ1) is 16.0. The Labute approximate surface area is 134 Å². The summed E-state index contributed by atoms with van der Waals surface area (Å²) < 4.78 is 5.83. The molecule has 2 rings (SSSR count). The van der Waals surface area contributed by atoms with Crippen LogP contribution in [0.3, 0.4) is 0 Å². The molecular formula is C15H17Cl2N3O. The lowest BCUT2D eigenvalue weighted by Crippen LogP contribution is -2.11. The van der Waals surface area contributed by atoms with Crippen molar-refractivity contribution >= 4 is 23.2 Å². The van der Waals surface area contributed by atoms with Gasteiger partial charge in [0.2, 0.25) is 0 Å². The molecule has 1 aromatic carbocycles. The van der Waals surface area contributed by atoms with Crippen LogP contribution in [-0.2, 0) is 6.54 Å². The maximum Gasteiger partial charge on any atom is 0.168 e. The summed E-state index contributed by atoms with van der Waals surface area (Å²) in [5.41, 5.74) is 0.794. The third-order valence-electron chi connectivity index (χ3n) is 2.82. The molecule has 1 N–H and O–H groups in total. The Kier molecular flexibility index (Phi) is 5.39. The molecule has 4 nitrogen and oxygen atoms in total. The van der Waals surface area contributed by atoms with Crippen molar-refractivity contribution in [2.24, 2.45) is 0 Å². The Bertz CT molecular complexity index is 632. The van der Waals surface area contributed by atoms with Gasteiger partial charge in [0, 0.05) is 17.5 Å². The molecule has 2 aromatic rings. The molecule has 0 fully saturated rings. The van der Waals surface area contributed by atoms with Gasteiger partial charge < -0.3 is 10.1 Å². The van der Waals surface area contributed by atoms with Gasteiger partial charge in [0.1, 0.15) is 17.3 Å². The molecule has 0 aliphatic rings. The van der Waals surface area contributed by atoms with Crippen LogP contribution in [0.25, 0.3) is 0 Å². The van der Waals surface area contributed by atoms with E-state index < -0.39 is 0 Å². The van der Waals surface area contributed by atoms with Crippen LogP contribution in [0, 0.1) is 0 Å². The van der Waals surface area contributed by atoms with Crippen LogP contribution in [0.4, 0.5) is 0 Å². The molecule has 21 heavy (non-hydrogen) atoms. The fraction of sp³-hybridized carbons (Fsp3) is 0.333. The second kappa shape index (κ2) is 7.07. The van der Waals surface area contributed by atoms with E-state index in [0.29, 0.717) is 28.1 Å². The first-order valence-electron chi connectivity index (χ1n) is 6.64. The van der Waals surface area contributed by atoms with Crippen LogP contribution < -0.4 is 10.1 Å². The minimum absolute atomic E-state index is 0.258. The smallest absolute Gasteiger partial charge is 0.168 e. The number of hydrogen-bond donors (Lipinski definition) is 1. The molecule has 0 radical (unpaired) electrons. The third-order valence-corrected chi connectivity index (χ3v) is 3.35. The molecule has 1 heterocycles. The third kappa shape index (κ3) is 4.06. The van der Waals surface area contributed by atoms with E-state index in [4.69, 9.17) is 27.9 Å². The van der Waals surface area contributed by atoms with Gasteiger partial charge in [-0.3, -0.25) is 0 Å². The second-order valence-electron chi connectivity index (χ2n) is 4.90. The number of ether oxygens (including phenoxy) is 1. The molecule has 0 bridgehead atoms. The van der Waals surface area contributed by atoms with E-state index in [0.717, 1.165) is 11.5 Å². The molecule has 0 aliphatic heterocycles. The van der Waals surface area contributed by atoms with Crippen LogP contribution in [0.2, 0.25) is 10.0 Å². The van der Waals surface area contributed by atoms with Gasteiger partial charge in [0.15, 0.2) is 5.75 Å². The van der Waals surface area contributed by atoms with E-state index >= 15 is 0 Å². The number of hydrogen-bond acceptors (Lipinski definition) is 4. The van der Waals surface area contributed by atoms with E-state index in [9.17, 15) is 0 Å². The molecule has 112 valence electrons. The van der Waals surface area contributed by atoms with Crippen molar-refractivity contribution in [3.63, 3.8) is 0 Å². The topological polar surface area (TPSA) is 47.0 Å². The van der Waals surface area contributed by atoms with E-state index in [2.05, 4.69) is 29.1 Å². The second-order valence-corrected chi connectivity index (χ2v) is 5.74. The maximum absolute atomic E-state index is 6.12. The molecule has 1 aromatic heterocycles. The van der Waals surface area contributed by atoms with Gasteiger partial charge in [-0.25, -0.2) is 9.97 Å². The SMILES string of the molecule is CNCc1nc(C(C)C)ncc1Oc1ccc(Cl)cc1Cl. The van der Waals surface area contributed by atoms with Crippen molar-refractivity contribution in [1.29, 1.82) is 0 Å². The number of benzene rings is 1. The fourth-order valence-electron chi connectivity index (χ4n) is 1.76. The fourth-order valence-corrected chi connectivity index (χ4v) is 2.20. The molecule has 0 atom stereocenters. The lowest BCUT2D eigenvalue weighted by atomic mass is 10.2. The van der Waals surface area contributed by atoms with E-state index in [1.165, 1.54) is 0 Å². The summed E-state index contributed by atoms with van der Waals surface area (Å²) >= 11 is 12.0. The first-order chi connectivity index (χ1) is 10.0. The van der Waals surface area contributed by atoms with Crippen LogP contribution in [-0.4, -0.2) is 17.0 Å². The molecular weight excluding hydrogens is 309 g/mol. The zero-order chi connectivity index (χ0) is 15.4. The maximum atomic E-state index is 6.12. The Hall–Kier alpha value is -1.36. The summed E-state index contributed by atoms with van der Waals surface area (Å²) in [6, 6.07) is 5.09. The van der Waals surface area contributed by atoms with Crippen molar-refractivity contribution < 1.29 is 4.74 Å². The summed E-state index contributed by atoms with van der Waals surface area (Å²) in [6.07, 6.45) is 1.68. The average molecular weight is 326 g/mol. The molecule has 0 saturated carbocycles. The van der Waals surface area contributed by atoms with Gasteiger partial charge in [-0.05, 0) is 25.2 Å². The van der Waals surface area contributed by atoms with Crippen LogP contribution in [0.1, 0.15) is 31.3 Å². The number of nitrogens with one attached hydrogen (secondary N) is 1. The van der Waals surface area contributed by atoms with Gasteiger partial charge in [0.25, 0.3) is 0 Å². The van der Waals surface area contributed by atoms with Crippen molar-refractivity contribution in [2.45, 2.75) is 26.3 Å². The minimum Gasteiger partial charge on any atom is -0.452 e. The lowest BCUT2D eigenvalue weighted by Gasteiger charge is -2.13. The Morgan fingerprint density at radius 2 is 2.00 bits per heavy atom. The van der Waals surface area contributed by atoms with Crippen LogP contribution >= 0.6 is 23.2 Å². The Morgan fingerprint density at radius 1 is 1.24 bits per heavy atom. The van der Waals surface area contributed by atoms with Crippen molar-refractivity contribution in [2.75, 3.05) is 7.05 Å². The number of rotatable bonds is 5. The standard InChI is InChI=1S/C15H17Cl2N3O/c1-9(2)15-19-8-14(12(20-15)7-18-3)21-13-5-4-10(16)6-11(13)17/h4-6,8-9,18H,7H2,1-3H3. The predicted octanol–water partition coefficient (Wildman–Crippen LogP) is 4.42. The van der Waals surface area contributed by atoms with Gasteiger partial charge in [-0.1, -0.05) is 37.0 Å². The van der Waals surface area contributed by atoms with Crippen molar-refractivity contribution in [3.05, 3.63) is 46.0 Å². The zero-order valence-corrected chi connectivity index (χ0v) is 13.7. The van der Waals surface area contributed by atoms with Gasteiger partial charge in [-0.15, -0.1) is 0 Å². The molecule has 0 amide bonds. The van der Waals surface area contributed by atoms with E-state index in [1.54, 1.807) is 24.4 Å². The van der Waals surface area contributed by atoms with E-state index in [-0.39, 0.29) is 5.92 Å². The predicted molar refractivity (Wildman–Crippen MR) is 85.4 cm³/mol. The van der Waals surface area contributed by atoms with Gasteiger partial charge in [0.05, 0.1) is 11.2 Å². The number of aromatic nitrogens is 2. The first-order valence-corrected chi connectivity index (χ1v) is 7.40. The summed E-state index contributed by atoms with van der Waals surface area (Å²) in [5.74, 6) is 2.15. The Balaban J connectivity index is 2.34. The normalized spacial score (nSPS) is 11.0. The highest BCUT2D eigenvalue weighted by Crippen LogP contribution is 2.32.